The summed E-state index contributed by atoms with van der Waals surface area (Å²) >= 11 is 0. The van der Waals surface area contributed by atoms with E-state index in [9.17, 15) is 9.90 Å². The van der Waals surface area contributed by atoms with Gasteiger partial charge in [-0.2, -0.15) is 0 Å². The summed E-state index contributed by atoms with van der Waals surface area (Å²) in [5, 5.41) is 9.54. The molecule has 0 aliphatic carbocycles. The summed E-state index contributed by atoms with van der Waals surface area (Å²) in [5.41, 5.74) is 0. The Morgan fingerprint density at radius 2 is 1.05 bits per heavy atom. The fourth-order valence-electron chi connectivity index (χ4n) is 4.41. The molecule has 1 unspecified atom stereocenters. The maximum atomic E-state index is 12.1. The lowest BCUT2D eigenvalue weighted by molar-refractivity contribution is -0.154. The van der Waals surface area contributed by atoms with E-state index in [0.29, 0.717) is 13.0 Å². The molecule has 0 aromatic carbocycles. The van der Waals surface area contributed by atoms with Crippen LogP contribution in [0.4, 0.5) is 0 Å². The van der Waals surface area contributed by atoms with E-state index >= 15 is 0 Å². The van der Waals surface area contributed by atoms with Gasteiger partial charge in [0, 0.05) is 13.0 Å². The van der Waals surface area contributed by atoms with Crippen molar-refractivity contribution < 1.29 is 19.4 Å². The molecular weight excluding hydrogens is 532 g/mol. The quantitative estimate of drug-likeness (QED) is 0.0490. The van der Waals surface area contributed by atoms with Crippen molar-refractivity contribution in [2.45, 2.75) is 148 Å². The third-order valence-electron chi connectivity index (χ3n) is 7.02. The zero-order valence-corrected chi connectivity index (χ0v) is 27.9. The first-order chi connectivity index (χ1) is 21.2. The lowest BCUT2D eigenvalue weighted by Crippen LogP contribution is -2.27. The number of esters is 1. The van der Waals surface area contributed by atoms with E-state index in [1.54, 1.807) is 0 Å². The molecule has 0 aliphatic rings. The Labute approximate surface area is 266 Å². The van der Waals surface area contributed by atoms with Gasteiger partial charge in [0.1, 0.15) is 6.10 Å². The highest BCUT2D eigenvalue weighted by molar-refractivity contribution is 5.69. The zero-order valence-electron chi connectivity index (χ0n) is 27.9. The van der Waals surface area contributed by atoms with Crippen molar-refractivity contribution in [3.63, 3.8) is 0 Å². The molecule has 0 radical (unpaired) electrons. The fourth-order valence-corrected chi connectivity index (χ4v) is 4.41. The number of carbonyl (C=O) groups is 1. The second kappa shape index (κ2) is 36.0. The molecule has 1 atom stereocenters. The second-order valence-electron chi connectivity index (χ2n) is 11.2. The van der Waals surface area contributed by atoms with Crippen LogP contribution in [0.15, 0.2) is 72.9 Å². The van der Waals surface area contributed by atoms with Gasteiger partial charge in [0.2, 0.25) is 0 Å². The van der Waals surface area contributed by atoms with Crippen molar-refractivity contribution in [1.29, 1.82) is 0 Å². The van der Waals surface area contributed by atoms with Gasteiger partial charge < -0.3 is 14.6 Å². The summed E-state index contributed by atoms with van der Waals surface area (Å²) in [6, 6.07) is 0. The monoisotopic (exact) mass is 598 g/mol. The Bertz CT molecular complexity index is 759. The number of hydrogen-bond acceptors (Lipinski definition) is 4. The third kappa shape index (κ3) is 34.2. The molecule has 4 nitrogen and oxygen atoms in total. The molecule has 0 aromatic rings. The van der Waals surface area contributed by atoms with Crippen LogP contribution in [-0.4, -0.2) is 37.0 Å². The molecule has 246 valence electrons. The van der Waals surface area contributed by atoms with Crippen molar-refractivity contribution in [3.8, 4) is 0 Å². The molecule has 0 spiro atoms. The molecular formula is C39H66O4. The summed E-state index contributed by atoms with van der Waals surface area (Å²) in [4.78, 5) is 12.1. The number of carbonyl (C=O) groups excluding carboxylic acids is 1. The first kappa shape index (κ1) is 40.8. The van der Waals surface area contributed by atoms with Crippen LogP contribution in [0, 0.1) is 0 Å². The fraction of sp³-hybridized carbons (Fsp3) is 0.667. The number of allylic oxidation sites excluding steroid dienone is 12. The van der Waals surface area contributed by atoms with E-state index in [1.165, 1.54) is 57.8 Å². The van der Waals surface area contributed by atoms with Crippen LogP contribution in [0.25, 0.3) is 0 Å². The van der Waals surface area contributed by atoms with E-state index in [4.69, 9.17) is 9.47 Å². The predicted octanol–water partition coefficient (Wildman–Crippen LogP) is 11.1. The predicted molar refractivity (Wildman–Crippen MR) is 186 cm³/mol. The summed E-state index contributed by atoms with van der Waals surface area (Å²) in [7, 11) is 0. The molecule has 0 fully saturated rings. The van der Waals surface area contributed by atoms with Crippen LogP contribution in [0.3, 0.4) is 0 Å². The molecule has 1 N–H and O–H groups in total. The third-order valence-corrected chi connectivity index (χ3v) is 7.02. The average molecular weight is 599 g/mol. The smallest absolute Gasteiger partial charge is 0.306 e. The van der Waals surface area contributed by atoms with Gasteiger partial charge in [-0.1, -0.05) is 125 Å². The zero-order chi connectivity index (χ0) is 31.3. The van der Waals surface area contributed by atoms with E-state index in [1.807, 2.05) is 0 Å². The maximum absolute atomic E-state index is 12.1. The highest BCUT2D eigenvalue weighted by Crippen LogP contribution is 2.09. The van der Waals surface area contributed by atoms with Crippen molar-refractivity contribution in [2.75, 3.05) is 19.8 Å². The van der Waals surface area contributed by atoms with Gasteiger partial charge >= 0.3 is 5.97 Å². The molecule has 0 heterocycles. The van der Waals surface area contributed by atoms with Gasteiger partial charge in [0.15, 0.2) is 0 Å². The number of hydrogen-bond donors (Lipinski definition) is 1. The van der Waals surface area contributed by atoms with Crippen molar-refractivity contribution in [3.05, 3.63) is 72.9 Å². The van der Waals surface area contributed by atoms with E-state index in [0.717, 1.165) is 64.2 Å². The SMILES string of the molecule is CC/C=C\C/C=C\C/C=C\C/C=C\CCCCC(=O)OC(CO)COCCCCCCCC/C=C\C/C=C\CCCCC. The van der Waals surface area contributed by atoms with E-state index in [2.05, 4.69) is 86.8 Å². The minimum absolute atomic E-state index is 0.197. The average Bonchev–Trinajstić information content (AvgIpc) is 3.01. The number of aliphatic hydroxyl groups excluding tert-OH is 1. The van der Waals surface area contributed by atoms with Crippen LogP contribution in [0.1, 0.15) is 142 Å². The molecule has 0 aromatic heterocycles. The van der Waals surface area contributed by atoms with Crippen LogP contribution >= 0.6 is 0 Å². The standard InChI is InChI=1S/C39H66O4/c1-3-5-7-9-11-13-15-17-19-21-23-25-27-29-31-33-35-42-37-38(36-40)43-39(41)34-32-30-28-26-24-22-20-18-16-14-12-10-8-6-4-2/h6,8,11-14,17-20,24,26,38,40H,3-5,7,9-10,15-16,21-23,25,27-37H2,1-2H3/b8-6-,13-11-,14-12-,19-17-,20-18-,26-24-. The first-order valence-electron chi connectivity index (χ1n) is 17.5. The Kier molecular flexibility index (Phi) is 34.2. The number of ether oxygens (including phenoxy) is 2. The van der Waals surface area contributed by atoms with Crippen LogP contribution in [0.5, 0.6) is 0 Å². The first-order valence-corrected chi connectivity index (χ1v) is 17.5. The molecule has 0 bridgehead atoms. The lowest BCUT2D eigenvalue weighted by Gasteiger charge is -2.15. The lowest BCUT2D eigenvalue weighted by atomic mass is 10.1. The van der Waals surface area contributed by atoms with Gasteiger partial charge in [-0.15, -0.1) is 0 Å². The summed E-state index contributed by atoms with van der Waals surface area (Å²) in [6.45, 7) is 5.12. The van der Waals surface area contributed by atoms with Crippen molar-refractivity contribution in [2.24, 2.45) is 0 Å². The van der Waals surface area contributed by atoms with Gasteiger partial charge in [0.25, 0.3) is 0 Å². The van der Waals surface area contributed by atoms with Gasteiger partial charge in [-0.3, -0.25) is 4.79 Å². The Morgan fingerprint density at radius 3 is 1.58 bits per heavy atom. The van der Waals surface area contributed by atoms with Gasteiger partial charge in [0.05, 0.1) is 13.2 Å². The number of aliphatic hydroxyl groups is 1. The maximum Gasteiger partial charge on any atom is 0.306 e. The van der Waals surface area contributed by atoms with E-state index in [-0.39, 0.29) is 19.2 Å². The van der Waals surface area contributed by atoms with Crippen molar-refractivity contribution in [1.82, 2.24) is 0 Å². The normalized spacial score (nSPS) is 13.3. The largest absolute Gasteiger partial charge is 0.457 e. The summed E-state index contributed by atoms with van der Waals surface area (Å²) < 4.78 is 11.1. The minimum atomic E-state index is -0.563. The van der Waals surface area contributed by atoms with Crippen molar-refractivity contribution >= 4 is 5.97 Å². The molecule has 0 rings (SSSR count). The molecule has 0 saturated heterocycles. The van der Waals surface area contributed by atoms with E-state index < -0.39 is 6.10 Å². The molecule has 43 heavy (non-hydrogen) atoms. The minimum Gasteiger partial charge on any atom is -0.457 e. The molecule has 0 saturated carbocycles. The van der Waals surface area contributed by atoms with Crippen LogP contribution < -0.4 is 0 Å². The van der Waals surface area contributed by atoms with Gasteiger partial charge in [-0.05, 0) is 83.5 Å². The Hall–Kier alpha value is -2.17. The Morgan fingerprint density at radius 1 is 0.581 bits per heavy atom. The van der Waals surface area contributed by atoms with Gasteiger partial charge in [-0.25, -0.2) is 0 Å². The molecule has 0 amide bonds. The second-order valence-corrected chi connectivity index (χ2v) is 11.2. The molecule has 0 aliphatic heterocycles. The number of rotatable bonds is 31. The van der Waals surface area contributed by atoms with Crippen LogP contribution in [-0.2, 0) is 14.3 Å². The molecule has 4 heteroatoms. The summed E-state index contributed by atoms with van der Waals surface area (Å²) in [6.07, 6.45) is 47.9. The summed E-state index contributed by atoms with van der Waals surface area (Å²) in [5.74, 6) is -0.249. The Balaban J connectivity index is 3.58. The number of unbranched alkanes of at least 4 members (excludes halogenated alkanes) is 11. The highest BCUT2D eigenvalue weighted by Gasteiger charge is 2.13. The van der Waals surface area contributed by atoms with Crippen LogP contribution in [0.2, 0.25) is 0 Å². The topological polar surface area (TPSA) is 55.8 Å². The highest BCUT2D eigenvalue weighted by atomic mass is 16.6.